The summed E-state index contributed by atoms with van der Waals surface area (Å²) in [5.41, 5.74) is -1.04. The molecule has 2 aliphatic rings. The molecule has 10 heteroatoms. The van der Waals surface area contributed by atoms with Gasteiger partial charge in [-0.25, -0.2) is 9.59 Å². The van der Waals surface area contributed by atoms with Crippen molar-refractivity contribution in [2.75, 3.05) is 32.8 Å². The van der Waals surface area contributed by atoms with E-state index in [1.807, 2.05) is 20.8 Å². The Kier molecular flexibility index (Phi) is 11.7. The predicted octanol–water partition coefficient (Wildman–Crippen LogP) is 3.74. The number of nitrogens with zero attached hydrogens (tertiary/aromatic N) is 2. The van der Waals surface area contributed by atoms with E-state index in [2.05, 4.69) is 0 Å². The summed E-state index contributed by atoms with van der Waals surface area (Å²) >= 11 is 0. The lowest BCUT2D eigenvalue weighted by Crippen LogP contribution is -2.37. The largest absolute Gasteiger partial charge is 0.465 e. The van der Waals surface area contributed by atoms with Crippen LogP contribution in [0.4, 0.5) is 9.59 Å². The number of esters is 1. The molecule has 35 heavy (non-hydrogen) atoms. The molecule has 2 heterocycles. The molecular formula is C25H42N2O8. The fourth-order valence-electron chi connectivity index (χ4n) is 3.45. The van der Waals surface area contributed by atoms with Crippen LogP contribution in [-0.4, -0.2) is 83.5 Å². The maximum absolute atomic E-state index is 12.0. The molecule has 1 atom stereocenters. The number of ketones is 2. The van der Waals surface area contributed by atoms with Crippen molar-refractivity contribution in [2.45, 2.75) is 91.8 Å². The number of likely N-dealkylation sites (tertiary alicyclic amines) is 2. The highest BCUT2D eigenvalue weighted by Crippen LogP contribution is 2.18. The number of carbonyl (C=O) groups excluding carboxylic acids is 5. The molecule has 2 fully saturated rings. The van der Waals surface area contributed by atoms with Crippen LogP contribution in [0.3, 0.4) is 0 Å². The Bertz CT molecular complexity index is 766. The van der Waals surface area contributed by atoms with Gasteiger partial charge >= 0.3 is 18.2 Å². The molecule has 0 aliphatic carbocycles. The van der Waals surface area contributed by atoms with Gasteiger partial charge in [-0.15, -0.1) is 0 Å². The Labute approximate surface area is 208 Å². The summed E-state index contributed by atoms with van der Waals surface area (Å²) in [5, 5.41) is 0. The van der Waals surface area contributed by atoms with Crippen molar-refractivity contribution in [3.63, 3.8) is 0 Å². The highest BCUT2D eigenvalue weighted by Gasteiger charge is 2.33. The predicted molar refractivity (Wildman–Crippen MR) is 129 cm³/mol. The van der Waals surface area contributed by atoms with Gasteiger partial charge in [-0.2, -0.15) is 0 Å². The summed E-state index contributed by atoms with van der Waals surface area (Å²) < 4.78 is 15.4. The highest BCUT2D eigenvalue weighted by molar-refractivity contribution is 5.99. The normalized spacial score (nSPS) is 19.6. The van der Waals surface area contributed by atoms with Crippen molar-refractivity contribution in [1.82, 2.24) is 9.80 Å². The van der Waals surface area contributed by atoms with Crippen molar-refractivity contribution in [2.24, 2.45) is 5.92 Å². The molecular weight excluding hydrogens is 456 g/mol. The van der Waals surface area contributed by atoms with Gasteiger partial charge in [0.2, 0.25) is 0 Å². The van der Waals surface area contributed by atoms with E-state index in [1.165, 1.54) is 4.90 Å². The first-order chi connectivity index (χ1) is 16.1. The minimum atomic E-state index is -0.762. The van der Waals surface area contributed by atoms with Gasteiger partial charge < -0.3 is 24.0 Å². The molecule has 0 N–H and O–H groups in total. The summed E-state index contributed by atoms with van der Waals surface area (Å²) in [6, 6.07) is 0. The second-order valence-electron chi connectivity index (χ2n) is 10.6. The second kappa shape index (κ2) is 13.4. The molecule has 0 aromatic carbocycles. The zero-order valence-electron chi connectivity index (χ0n) is 22.3. The van der Waals surface area contributed by atoms with Gasteiger partial charge in [0.25, 0.3) is 0 Å². The average Bonchev–Trinajstić information content (AvgIpc) is 3.04. The molecule has 0 bridgehead atoms. The van der Waals surface area contributed by atoms with E-state index >= 15 is 0 Å². The lowest BCUT2D eigenvalue weighted by Gasteiger charge is -2.26. The van der Waals surface area contributed by atoms with Crippen LogP contribution in [0.15, 0.2) is 0 Å². The summed E-state index contributed by atoms with van der Waals surface area (Å²) in [5.74, 6) is -1.19. The Morgan fingerprint density at radius 2 is 1.31 bits per heavy atom. The van der Waals surface area contributed by atoms with Crippen LogP contribution in [0.1, 0.15) is 80.6 Å². The number of Topliss-reactive ketones (excluding diaryl/α,β-unsaturated/α-hetero) is 2. The van der Waals surface area contributed by atoms with Crippen LogP contribution >= 0.6 is 0 Å². The monoisotopic (exact) mass is 498 g/mol. The molecule has 0 saturated carbocycles. The second-order valence-corrected chi connectivity index (χ2v) is 10.6. The smallest absolute Gasteiger partial charge is 0.410 e. The SMILES string of the molecule is CC(C)(C)OC(=O)N1CCCC(=O)CC1.CCOC(=O)C1CCN(C(=O)OC(C)(C)C)CCC1=O. The van der Waals surface area contributed by atoms with Crippen molar-refractivity contribution < 1.29 is 38.2 Å². The number of ether oxygens (including phenoxy) is 3. The Morgan fingerprint density at radius 3 is 1.83 bits per heavy atom. The van der Waals surface area contributed by atoms with Gasteiger partial charge in [0.1, 0.15) is 28.7 Å². The molecule has 1 unspecified atom stereocenters. The van der Waals surface area contributed by atoms with Gasteiger partial charge in [0.15, 0.2) is 0 Å². The molecule has 2 saturated heterocycles. The lowest BCUT2D eigenvalue weighted by molar-refractivity contribution is -0.151. The number of hydrogen-bond donors (Lipinski definition) is 0. The molecule has 2 amide bonds. The molecule has 2 rings (SSSR count). The summed E-state index contributed by atoms with van der Waals surface area (Å²) in [6.45, 7) is 14.6. The van der Waals surface area contributed by atoms with Crippen molar-refractivity contribution in [3.8, 4) is 0 Å². The third kappa shape index (κ3) is 12.0. The minimum absolute atomic E-state index is 0.155. The van der Waals surface area contributed by atoms with E-state index < -0.39 is 29.2 Å². The van der Waals surface area contributed by atoms with E-state index in [0.717, 1.165) is 6.42 Å². The summed E-state index contributed by atoms with van der Waals surface area (Å²) in [6.07, 6.45) is 1.47. The summed E-state index contributed by atoms with van der Waals surface area (Å²) in [4.78, 5) is 61.5. The standard InChI is InChI=1S/C14H23NO5.C11H19NO3/c1-5-19-12(17)10-6-8-15(9-7-11(10)16)13(18)20-14(2,3)4;1-11(2,3)15-10(14)12-7-4-5-9(13)6-8-12/h10H,5-9H2,1-4H3;4-8H2,1-3H3. The molecule has 0 spiro atoms. The average molecular weight is 499 g/mol. The number of hydrogen-bond acceptors (Lipinski definition) is 8. The van der Waals surface area contributed by atoms with Gasteiger partial charge in [0, 0.05) is 45.4 Å². The lowest BCUT2D eigenvalue weighted by atomic mass is 10.00. The molecule has 0 aromatic heterocycles. The number of carbonyl (C=O) groups is 5. The Morgan fingerprint density at radius 1 is 0.800 bits per heavy atom. The first-order valence-electron chi connectivity index (χ1n) is 12.3. The van der Waals surface area contributed by atoms with Crippen LogP contribution in [0.25, 0.3) is 0 Å². The van der Waals surface area contributed by atoms with Crippen LogP contribution in [0, 0.1) is 5.92 Å². The molecule has 0 radical (unpaired) electrons. The van der Waals surface area contributed by atoms with Crippen LogP contribution < -0.4 is 0 Å². The summed E-state index contributed by atoms with van der Waals surface area (Å²) in [7, 11) is 0. The molecule has 10 nitrogen and oxygen atoms in total. The fraction of sp³-hybridized carbons (Fsp3) is 0.800. The van der Waals surface area contributed by atoms with Crippen molar-refractivity contribution in [3.05, 3.63) is 0 Å². The van der Waals surface area contributed by atoms with Gasteiger partial charge in [-0.05, 0) is 61.3 Å². The van der Waals surface area contributed by atoms with Crippen LogP contribution in [0.2, 0.25) is 0 Å². The van der Waals surface area contributed by atoms with Crippen molar-refractivity contribution in [1.29, 1.82) is 0 Å². The van der Waals surface area contributed by atoms with E-state index in [0.29, 0.717) is 32.5 Å². The maximum atomic E-state index is 12.0. The first kappa shape index (κ1) is 30.4. The molecule has 200 valence electrons. The quantitative estimate of drug-likeness (QED) is 0.321. The van der Waals surface area contributed by atoms with Crippen LogP contribution in [0.5, 0.6) is 0 Å². The zero-order valence-corrected chi connectivity index (χ0v) is 22.3. The first-order valence-corrected chi connectivity index (χ1v) is 12.3. The van der Waals surface area contributed by atoms with Gasteiger partial charge in [-0.3, -0.25) is 14.4 Å². The highest BCUT2D eigenvalue weighted by atomic mass is 16.6. The Balaban J connectivity index is 0.000000365. The van der Waals surface area contributed by atoms with Crippen molar-refractivity contribution >= 4 is 29.7 Å². The number of amides is 2. The number of rotatable bonds is 2. The minimum Gasteiger partial charge on any atom is -0.465 e. The molecule has 2 aliphatic heterocycles. The van der Waals surface area contributed by atoms with Gasteiger partial charge in [0.05, 0.1) is 6.61 Å². The Hall–Kier alpha value is -2.65. The zero-order chi connectivity index (χ0) is 26.8. The third-order valence-electron chi connectivity index (χ3n) is 5.12. The maximum Gasteiger partial charge on any atom is 0.410 e. The topological polar surface area (TPSA) is 120 Å². The van der Waals surface area contributed by atoms with Crippen LogP contribution in [-0.2, 0) is 28.6 Å². The van der Waals surface area contributed by atoms with Gasteiger partial charge in [-0.1, -0.05) is 0 Å². The fourth-order valence-corrected chi connectivity index (χ4v) is 3.45. The van der Waals surface area contributed by atoms with E-state index in [9.17, 15) is 24.0 Å². The third-order valence-corrected chi connectivity index (χ3v) is 5.12. The van der Waals surface area contributed by atoms with E-state index in [1.54, 1.807) is 32.6 Å². The van der Waals surface area contributed by atoms with E-state index in [4.69, 9.17) is 14.2 Å². The molecule has 0 aromatic rings. The van der Waals surface area contributed by atoms with E-state index in [-0.39, 0.29) is 43.7 Å².